The van der Waals surface area contributed by atoms with Gasteiger partial charge in [0.1, 0.15) is 5.82 Å². The maximum atomic E-state index is 13.6. The largest absolute Gasteiger partial charge is 0.479 e. The molecule has 0 amide bonds. The Balaban J connectivity index is 1.82. The van der Waals surface area contributed by atoms with Crippen LogP contribution in [0.3, 0.4) is 0 Å². The molecule has 0 saturated carbocycles. The summed E-state index contributed by atoms with van der Waals surface area (Å²) in [4.78, 5) is 11.5. The number of carbonyl (C=O) groups is 1. The van der Waals surface area contributed by atoms with Crippen LogP contribution in [0.2, 0.25) is 0 Å². The topological polar surface area (TPSA) is 80.1 Å². The second kappa shape index (κ2) is 6.95. The van der Waals surface area contributed by atoms with Gasteiger partial charge in [0.05, 0.1) is 23.8 Å². The number of nitrogens with one attached hydrogen (secondary N) is 1. The van der Waals surface area contributed by atoms with Crippen LogP contribution in [0.4, 0.5) is 4.39 Å². The molecule has 5 rings (SSSR count). The highest BCUT2D eigenvalue weighted by Crippen LogP contribution is 2.43. The number of halogens is 1. The number of aromatic amines is 1. The molecule has 0 bridgehead atoms. The van der Waals surface area contributed by atoms with E-state index in [0.717, 1.165) is 38.8 Å². The Kier molecular flexibility index (Phi) is 4.36. The molecule has 4 aromatic rings. The number of rotatable bonds is 4. The minimum Gasteiger partial charge on any atom is -0.479 e. The van der Waals surface area contributed by atoms with Crippen LogP contribution >= 0.6 is 0 Å². The first-order valence-electron chi connectivity index (χ1n) is 10.1. The van der Waals surface area contributed by atoms with Gasteiger partial charge in [-0.25, -0.2) is 9.18 Å². The van der Waals surface area contributed by atoms with Crippen molar-refractivity contribution >= 4 is 27.8 Å². The van der Waals surface area contributed by atoms with E-state index in [9.17, 15) is 14.3 Å². The zero-order valence-corrected chi connectivity index (χ0v) is 16.7. The molecule has 0 radical (unpaired) electrons. The third kappa shape index (κ3) is 2.89. The standard InChI is InChI=1S/C23H22FN3O3/c1-12(2)22-21(14-8-20(23(28)29)30-11-14)17-9-18-13(10-25-26-18)7-19(17)27(22)16-5-3-15(24)4-6-16/h3-7,9-10,12,14,20H,8,11H2,1-2H3,(H,25,26)(H,28,29)/t14?,20-/m0/s1. The summed E-state index contributed by atoms with van der Waals surface area (Å²) in [6.45, 7) is 4.60. The normalized spacial score (nSPS) is 19.3. The molecule has 154 valence electrons. The van der Waals surface area contributed by atoms with E-state index in [4.69, 9.17) is 4.74 Å². The van der Waals surface area contributed by atoms with E-state index in [-0.39, 0.29) is 17.7 Å². The number of carboxylic acids is 1. The fraction of sp³-hybridized carbons (Fsp3) is 0.304. The summed E-state index contributed by atoms with van der Waals surface area (Å²) in [6.07, 6.45) is 1.42. The van der Waals surface area contributed by atoms with Crippen LogP contribution in [-0.2, 0) is 9.53 Å². The van der Waals surface area contributed by atoms with E-state index in [0.29, 0.717) is 13.0 Å². The van der Waals surface area contributed by atoms with E-state index in [1.165, 1.54) is 12.1 Å². The number of aromatic nitrogens is 3. The number of H-pyrrole nitrogens is 1. The maximum absolute atomic E-state index is 13.6. The average Bonchev–Trinajstić information content (AvgIpc) is 3.43. The molecule has 2 atom stereocenters. The van der Waals surface area contributed by atoms with Gasteiger partial charge in [0.2, 0.25) is 0 Å². The Morgan fingerprint density at radius 1 is 1.30 bits per heavy atom. The van der Waals surface area contributed by atoms with E-state index < -0.39 is 12.1 Å². The predicted molar refractivity (Wildman–Crippen MR) is 112 cm³/mol. The lowest BCUT2D eigenvalue weighted by molar-refractivity contribution is -0.147. The first-order valence-corrected chi connectivity index (χ1v) is 10.1. The quantitative estimate of drug-likeness (QED) is 0.513. The Labute approximate surface area is 172 Å². The highest BCUT2D eigenvalue weighted by atomic mass is 19.1. The molecule has 1 unspecified atom stereocenters. The summed E-state index contributed by atoms with van der Waals surface area (Å²) in [6, 6.07) is 10.6. The summed E-state index contributed by atoms with van der Waals surface area (Å²) in [7, 11) is 0. The van der Waals surface area contributed by atoms with Crippen LogP contribution < -0.4 is 0 Å². The number of nitrogens with zero attached hydrogens (tertiary/aromatic N) is 2. The summed E-state index contributed by atoms with van der Waals surface area (Å²) < 4.78 is 21.4. The number of hydrogen-bond donors (Lipinski definition) is 2. The third-order valence-electron chi connectivity index (χ3n) is 5.92. The summed E-state index contributed by atoms with van der Waals surface area (Å²) in [5.41, 5.74) is 4.98. The molecule has 0 spiro atoms. The van der Waals surface area contributed by atoms with E-state index in [1.54, 1.807) is 18.3 Å². The third-order valence-corrected chi connectivity index (χ3v) is 5.92. The van der Waals surface area contributed by atoms with Crippen molar-refractivity contribution in [2.75, 3.05) is 6.61 Å². The maximum Gasteiger partial charge on any atom is 0.332 e. The smallest absolute Gasteiger partial charge is 0.332 e. The molecule has 1 aliphatic rings. The van der Waals surface area contributed by atoms with E-state index >= 15 is 0 Å². The van der Waals surface area contributed by atoms with Gasteiger partial charge in [-0.1, -0.05) is 13.8 Å². The number of aliphatic carboxylic acids is 1. The van der Waals surface area contributed by atoms with Gasteiger partial charge in [-0.05, 0) is 54.3 Å². The molecule has 3 heterocycles. The lowest BCUT2D eigenvalue weighted by atomic mass is 9.90. The summed E-state index contributed by atoms with van der Waals surface area (Å²) >= 11 is 0. The van der Waals surface area contributed by atoms with Crippen molar-refractivity contribution in [3.8, 4) is 5.69 Å². The minimum atomic E-state index is -0.929. The fourth-order valence-corrected chi connectivity index (χ4v) is 4.64. The summed E-state index contributed by atoms with van der Waals surface area (Å²) in [5, 5.41) is 18.6. The first kappa shape index (κ1) is 18.8. The monoisotopic (exact) mass is 407 g/mol. The van der Waals surface area contributed by atoms with Crippen LogP contribution in [0.5, 0.6) is 0 Å². The molecule has 1 fully saturated rings. The van der Waals surface area contributed by atoms with E-state index in [2.05, 4.69) is 40.7 Å². The molecule has 1 saturated heterocycles. The lowest BCUT2D eigenvalue weighted by Crippen LogP contribution is -2.18. The van der Waals surface area contributed by atoms with Gasteiger partial charge in [0.25, 0.3) is 0 Å². The Morgan fingerprint density at radius 2 is 2.07 bits per heavy atom. The SMILES string of the molecule is CC(C)c1c(C2CO[C@H](C(=O)O)C2)c2cc3[nH]ncc3cc2n1-c1ccc(F)cc1. The lowest BCUT2D eigenvalue weighted by Gasteiger charge is -2.18. The fourth-order valence-electron chi connectivity index (χ4n) is 4.64. The molecule has 0 aliphatic carbocycles. The van der Waals surface area contributed by atoms with Crippen molar-refractivity contribution in [1.29, 1.82) is 0 Å². The number of fused-ring (bicyclic) bond motifs is 2. The Morgan fingerprint density at radius 3 is 2.73 bits per heavy atom. The number of ether oxygens (including phenoxy) is 1. The second-order valence-electron chi connectivity index (χ2n) is 8.18. The molecule has 2 N–H and O–H groups in total. The minimum absolute atomic E-state index is 0.0342. The molecule has 2 aromatic carbocycles. The molecule has 6 nitrogen and oxygen atoms in total. The van der Waals surface area contributed by atoms with Gasteiger partial charge >= 0.3 is 5.97 Å². The van der Waals surface area contributed by atoms with Gasteiger partial charge in [0, 0.05) is 28.1 Å². The van der Waals surface area contributed by atoms with Gasteiger partial charge in [-0.3, -0.25) is 5.10 Å². The van der Waals surface area contributed by atoms with Crippen molar-refractivity contribution in [2.24, 2.45) is 0 Å². The summed E-state index contributed by atoms with van der Waals surface area (Å²) in [5.74, 6) is -1.08. The predicted octanol–water partition coefficient (Wildman–Crippen LogP) is 4.73. The molecule has 7 heteroatoms. The van der Waals surface area contributed by atoms with Crippen molar-refractivity contribution < 1.29 is 19.0 Å². The van der Waals surface area contributed by atoms with Crippen molar-refractivity contribution in [3.63, 3.8) is 0 Å². The molecule has 2 aromatic heterocycles. The van der Waals surface area contributed by atoms with Gasteiger partial charge < -0.3 is 14.4 Å². The van der Waals surface area contributed by atoms with Crippen LogP contribution in [0.1, 0.15) is 43.4 Å². The first-order chi connectivity index (χ1) is 14.4. The molecule has 1 aliphatic heterocycles. The number of benzene rings is 2. The van der Waals surface area contributed by atoms with Gasteiger partial charge in [-0.15, -0.1) is 0 Å². The Bertz CT molecular complexity index is 1260. The number of carboxylic acid groups (broad SMARTS) is 1. The Hall–Kier alpha value is -3.19. The zero-order chi connectivity index (χ0) is 21.0. The van der Waals surface area contributed by atoms with Crippen LogP contribution in [0.15, 0.2) is 42.6 Å². The number of hydrogen-bond acceptors (Lipinski definition) is 3. The van der Waals surface area contributed by atoms with Crippen LogP contribution in [0.25, 0.3) is 27.5 Å². The molecular weight excluding hydrogens is 385 g/mol. The van der Waals surface area contributed by atoms with Crippen LogP contribution in [0, 0.1) is 5.82 Å². The van der Waals surface area contributed by atoms with Gasteiger partial charge in [0.15, 0.2) is 6.10 Å². The van der Waals surface area contributed by atoms with Crippen LogP contribution in [-0.4, -0.2) is 38.6 Å². The van der Waals surface area contributed by atoms with E-state index in [1.807, 2.05) is 0 Å². The molecule has 30 heavy (non-hydrogen) atoms. The second-order valence-corrected chi connectivity index (χ2v) is 8.18. The van der Waals surface area contributed by atoms with Gasteiger partial charge in [-0.2, -0.15) is 5.10 Å². The van der Waals surface area contributed by atoms with Crippen molar-refractivity contribution in [3.05, 3.63) is 59.7 Å². The highest BCUT2D eigenvalue weighted by molar-refractivity contribution is 5.99. The average molecular weight is 407 g/mol. The highest BCUT2D eigenvalue weighted by Gasteiger charge is 2.36. The van der Waals surface area contributed by atoms with Crippen molar-refractivity contribution in [1.82, 2.24) is 14.8 Å². The zero-order valence-electron chi connectivity index (χ0n) is 16.7. The van der Waals surface area contributed by atoms with Crippen molar-refractivity contribution in [2.45, 2.75) is 38.2 Å². The molecular formula is C23H22FN3O3.